The van der Waals surface area contributed by atoms with Crippen molar-refractivity contribution in [1.29, 1.82) is 0 Å². The average Bonchev–Trinajstić information content (AvgIpc) is 3.07. The van der Waals surface area contributed by atoms with Gasteiger partial charge < -0.3 is 4.57 Å². The zero-order chi connectivity index (χ0) is 15.0. The van der Waals surface area contributed by atoms with Gasteiger partial charge in [-0.05, 0) is 25.0 Å². The number of hydrogen-bond donors (Lipinski definition) is 1. The Bertz CT molecular complexity index is 782. The summed E-state index contributed by atoms with van der Waals surface area (Å²) in [4.78, 5) is 14.3. The number of nitrogens with one attached hydrogen (secondary N) is 1. The van der Waals surface area contributed by atoms with Gasteiger partial charge in [0, 0.05) is 24.5 Å². The Kier molecular flexibility index (Phi) is 3.22. The molecule has 1 aliphatic rings. The first-order valence-corrected chi connectivity index (χ1v) is 7.75. The molecule has 1 fully saturated rings. The van der Waals surface area contributed by atoms with E-state index in [1.807, 2.05) is 0 Å². The van der Waals surface area contributed by atoms with Gasteiger partial charge in [-0.15, -0.1) is 0 Å². The fourth-order valence-electron chi connectivity index (χ4n) is 1.93. The summed E-state index contributed by atoms with van der Waals surface area (Å²) in [6, 6.07) is 3.77. The van der Waals surface area contributed by atoms with E-state index < -0.39 is 14.9 Å². The highest BCUT2D eigenvalue weighted by Gasteiger charge is 2.29. The van der Waals surface area contributed by atoms with Crippen LogP contribution in [-0.2, 0) is 10.0 Å². The van der Waals surface area contributed by atoms with E-state index in [4.69, 9.17) is 0 Å². The molecule has 9 heteroatoms. The molecule has 0 aliphatic heterocycles. The van der Waals surface area contributed by atoms with Crippen molar-refractivity contribution in [2.24, 2.45) is 0 Å². The molecule has 8 nitrogen and oxygen atoms in total. The molecule has 0 bridgehead atoms. The second kappa shape index (κ2) is 4.93. The minimum Gasteiger partial charge on any atom is -0.300 e. The van der Waals surface area contributed by atoms with E-state index >= 15 is 0 Å². The molecule has 0 radical (unpaired) electrons. The summed E-state index contributed by atoms with van der Waals surface area (Å²) in [6.45, 7) is 0. The van der Waals surface area contributed by atoms with E-state index in [1.54, 1.807) is 6.20 Å². The molecular formula is C12H12N4O4S. The predicted octanol–water partition coefficient (Wildman–Crippen LogP) is 1.22. The molecule has 110 valence electrons. The van der Waals surface area contributed by atoms with Gasteiger partial charge in [-0.3, -0.25) is 10.1 Å². The van der Waals surface area contributed by atoms with Crippen LogP contribution in [0.1, 0.15) is 12.8 Å². The second-order valence-electron chi connectivity index (χ2n) is 4.77. The minimum atomic E-state index is -3.72. The van der Waals surface area contributed by atoms with Crippen LogP contribution in [0.15, 0.2) is 41.8 Å². The largest absolute Gasteiger partial charge is 0.300 e. The summed E-state index contributed by atoms with van der Waals surface area (Å²) in [5.74, 6) is 0. The number of hydrogen-bond acceptors (Lipinski definition) is 5. The highest BCUT2D eigenvalue weighted by Crippen LogP contribution is 2.28. The van der Waals surface area contributed by atoms with Crippen LogP contribution in [0, 0.1) is 10.1 Å². The highest BCUT2D eigenvalue weighted by atomic mass is 32.2. The number of aromatic nitrogens is 2. The Morgan fingerprint density at radius 1 is 1.38 bits per heavy atom. The molecule has 1 aromatic heterocycles. The minimum absolute atomic E-state index is 0.0534. The van der Waals surface area contributed by atoms with E-state index in [2.05, 4.69) is 9.71 Å². The third-order valence-electron chi connectivity index (χ3n) is 3.14. The fourth-order valence-corrected chi connectivity index (χ4v) is 3.25. The van der Waals surface area contributed by atoms with E-state index in [9.17, 15) is 18.5 Å². The Hall–Kier alpha value is -2.26. The SMILES string of the molecule is O=[N+]([O-])c1cc(S(=O)(=O)NC2CC2)ccc1-n1ccnc1. The van der Waals surface area contributed by atoms with E-state index in [0.29, 0.717) is 0 Å². The molecule has 0 spiro atoms. The second-order valence-corrected chi connectivity index (χ2v) is 6.49. The van der Waals surface area contributed by atoms with Crippen LogP contribution in [0.3, 0.4) is 0 Å². The molecule has 21 heavy (non-hydrogen) atoms. The molecule has 1 aromatic carbocycles. The number of benzene rings is 1. The van der Waals surface area contributed by atoms with Gasteiger partial charge in [0.15, 0.2) is 0 Å². The summed E-state index contributed by atoms with van der Waals surface area (Å²) >= 11 is 0. The summed E-state index contributed by atoms with van der Waals surface area (Å²) in [7, 11) is -3.72. The Balaban J connectivity index is 2.05. The van der Waals surface area contributed by atoms with Crippen molar-refractivity contribution in [3.63, 3.8) is 0 Å². The molecule has 1 saturated carbocycles. The van der Waals surface area contributed by atoms with E-state index in [0.717, 1.165) is 18.9 Å². The number of imidazole rings is 1. The predicted molar refractivity (Wildman–Crippen MR) is 73.6 cm³/mol. The Morgan fingerprint density at radius 3 is 2.71 bits per heavy atom. The molecule has 2 aromatic rings. The van der Waals surface area contributed by atoms with Gasteiger partial charge in [0.25, 0.3) is 5.69 Å². The van der Waals surface area contributed by atoms with Crippen molar-refractivity contribution in [2.75, 3.05) is 0 Å². The number of nitro groups is 1. The molecule has 0 unspecified atom stereocenters. The maximum absolute atomic E-state index is 12.1. The Labute approximate surface area is 120 Å². The van der Waals surface area contributed by atoms with Gasteiger partial charge >= 0.3 is 0 Å². The lowest BCUT2D eigenvalue weighted by Crippen LogP contribution is -2.25. The van der Waals surface area contributed by atoms with Crippen molar-refractivity contribution in [3.05, 3.63) is 47.0 Å². The van der Waals surface area contributed by atoms with Gasteiger partial charge in [-0.1, -0.05) is 0 Å². The Morgan fingerprint density at radius 2 is 2.14 bits per heavy atom. The summed E-state index contributed by atoms with van der Waals surface area (Å²) in [5.41, 5.74) is -0.0189. The first-order valence-electron chi connectivity index (χ1n) is 6.26. The third kappa shape index (κ3) is 2.78. The summed E-state index contributed by atoms with van der Waals surface area (Å²) < 4.78 is 28.2. The number of nitrogens with zero attached hydrogens (tertiary/aromatic N) is 3. The van der Waals surface area contributed by atoms with E-state index in [1.165, 1.54) is 29.2 Å². The zero-order valence-electron chi connectivity index (χ0n) is 10.8. The lowest BCUT2D eigenvalue weighted by Gasteiger charge is -2.08. The molecule has 1 N–H and O–H groups in total. The number of nitro benzene ring substituents is 1. The number of sulfonamides is 1. The van der Waals surface area contributed by atoms with Gasteiger partial charge in [0.05, 0.1) is 16.1 Å². The first-order chi connectivity index (χ1) is 9.97. The van der Waals surface area contributed by atoms with Crippen LogP contribution in [0.5, 0.6) is 0 Å². The van der Waals surface area contributed by atoms with Gasteiger partial charge in [0.1, 0.15) is 5.69 Å². The standard InChI is InChI=1S/C12H12N4O4S/c17-16(18)12-7-10(21(19,20)14-9-1-2-9)3-4-11(12)15-6-5-13-8-15/h3-9,14H,1-2H2. The van der Waals surface area contributed by atoms with Crippen molar-refractivity contribution in [3.8, 4) is 5.69 Å². The maximum Gasteiger partial charge on any atom is 0.294 e. The van der Waals surface area contributed by atoms with Crippen LogP contribution in [0.25, 0.3) is 5.69 Å². The smallest absolute Gasteiger partial charge is 0.294 e. The molecule has 1 heterocycles. The van der Waals surface area contributed by atoms with Crippen molar-refractivity contribution < 1.29 is 13.3 Å². The van der Waals surface area contributed by atoms with Crippen LogP contribution in [0.4, 0.5) is 5.69 Å². The first kappa shape index (κ1) is 13.7. The highest BCUT2D eigenvalue weighted by molar-refractivity contribution is 7.89. The maximum atomic E-state index is 12.1. The van der Waals surface area contributed by atoms with Crippen LogP contribution in [0.2, 0.25) is 0 Å². The summed E-state index contributed by atoms with van der Waals surface area (Å²) in [5, 5.41) is 11.2. The van der Waals surface area contributed by atoms with Gasteiger partial charge in [-0.25, -0.2) is 18.1 Å². The lowest BCUT2D eigenvalue weighted by atomic mass is 10.2. The third-order valence-corrected chi connectivity index (χ3v) is 4.65. The zero-order valence-corrected chi connectivity index (χ0v) is 11.7. The molecular weight excluding hydrogens is 296 g/mol. The fraction of sp³-hybridized carbons (Fsp3) is 0.250. The molecule has 0 amide bonds. The quantitative estimate of drug-likeness (QED) is 0.660. The van der Waals surface area contributed by atoms with E-state index in [-0.39, 0.29) is 22.3 Å². The molecule has 0 saturated heterocycles. The van der Waals surface area contributed by atoms with Crippen LogP contribution >= 0.6 is 0 Å². The lowest BCUT2D eigenvalue weighted by molar-refractivity contribution is -0.384. The van der Waals surface area contributed by atoms with Crippen LogP contribution < -0.4 is 4.72 Å². The topological polar surface area (TPSA) is 107 Å². The van der Waals surface area contributed by atoms with Crippen molar-refractivity contribution in [2.45, 2.75) is 23.8 Å². The van der Waals surface area contributed by atoms with Crippen molar-refractivity contribution in [1.82, 2.24) is 14.3 Å². The van der Waals surface area contributed by atoms with Gasteiger partial charge in [-0.2, -0.15) is 0 Å². The molecule has 0 atom stereocenters. The monoisotopic (exact) mass is 308 g/mol. The molecule has 3 rings (SSSR count). The van der Waals surface area contributed by atoms with Gasteiger partial charge in [0.2, 0.25) is 10.0 Å². The number of rotatable bonds is 5. The average molecular weight is 308 g/mol. The summed E-state index contributed by atoms with van der Waals surface area (Å²) in [6.07, 6.45) is 6.06. The van der Waals surface area contributed by atoms with Crippen LogP contribution in [-0.4, -0.2) is 28.9 Å². The molecule has 1 aliphatic carbocycles. The normalized spacial score (nSPS) is 15.0. The van der Waals surface area contributed by atoms with Crippen molar-refractivity contribution >= 4 is 15.7 Å².